The van der Waals surface area contributed by atoms with Crippen molar-refractivity contribution in [1.82, 2.24) is 0 Å². The molecule has 1 aliphatic heterocycles. The Morgan fingerprint density at radius 3 is 2.09 bits per heavy atom. The molecule has 4 rings (SSSR count). The minimum Gasteiger partial charge on any atom is -0.497 e. The number of carbonyl (C=O) groups excluding carboxylic acids is 3. The van der Waals surface area contributed by atoms with Gasteiger partial charge < -0.3 is 14.8 Å². The van der Waals surface area contributed by atoms with Gasteiger partial charge in [0, 0.05) is 5.69 Å². The Labute approximate surface area is 193 Å². The van der Waals surface area contributed by atoms with E-state index in [0.717, 1.165) is 17.0 Å². The molecule has 0 aliphatic carbocycles. The van der Waals surface area contributed by atoms with E-state index in [0.29, 0.717) is 17.2 Å². The van der Waals surface area contributed by atoms with Gasteiger partial charge in [-0.25, -0.2) is 14.1 Å². The fraction of sp³-hybridized carbons (Fsp3) is 0.0417. The van der Waals surface area contributed by atoms with Crippen molar-refractivity contribution in [2.45, 2.75) is 0 Å². The number of hydrogen-bond acceptors (Lipinski definition) is 6. The number of esters is 1. The van der Waals surface area contributed by atoms with Crippen molar-refractivity contribution in [3.8, 4) is 11.5 Å². The highest BCUT2D eigenvalue weighted by Crippen LogP contribution is 2.30. The molecular formula is C24H16ClFN2O5. The molecule has 1 heterocycles. The lowest BCUT2D eigenvalue weighted by Crippen LogP contribution is -2.32. The van der Waals surface area contributed by atoms with Crippen molar-refractivity contribution in [2.24, 2.45) is 0 Å². The van der Waals surface area contributed by atoms with Crippen molar-refractivity contribution in [3.05, 3.63) is 94.9 Å². The lowest BCUT2D eigenvalue weighted by molar-refractivity contribution is -0.120. The van der Waals surface area contributed by atoms with Gasteiger partial charge in [-0.1, -0.05) is 11.6 Å². The number of hydrogen-bond donors (Lipinski definition) is 1. The molecule has 1 aliphatic rings. The Morgan fingerprint density at radius 2 is 1.48 bits per heavy atom. The number of rotatable bonds is 6. The molecule has 0 aromatic heterocycles. The van der Waals surface area contributed by atoms with Crippen LogP contribution in [0, 0.1) is 5.82 Å². The van der Waals surface area contributed by atoms with Crippen LogP contribution < -0.4 is 19.7 Å². The molecule has 0 saturated heterocycles. The molecule has 2 amide bonds. The summed E-state index contributed by atoms with van der Waals surface area (Å²) in [5.41, 5.74) is 0.766. The zero-order chi connectivity index (χ0) is 23.5. The van der Waals surface area contributed by atoms with Gasteiger partial charge in [-0.3, -0.25) is 9.59 Å². The Kier molecular flexibility index (Phi) is 6.10. The fourth-order valence-electron chi connectivity index (χ4n) is 3.08. The van der Waals surface area contributed by atoms with Crippen LogP contribution in [-0.2, 0) is 9.59 Å². The second-order valence-electron chi connectivity index (χ2n) is 6.88. The summed E-state index contributed by atoms with van der Waals surface area (Å²) in [4.78, 5) is 38.4. The third kappa shape index (κ3) is 4.56. The van der Waals surface area contributed by atoms with Crippen LogP contribution in [0.4, 0.5) is 15.8 Å². The average Bonchev–Trinajstić information content (AvgIpc) is 3.04. The standard InChI is InChI=1S/C24H16ClFN2O5/c1-32-18-10-12-19(13-11-18)33-24(31)14-2-6-16(7-3-14)27-21-20(25)22(29)28(23(21)30)17-8-4-15(26)5-9-17/h2-13,27H,1H3. The minimum atomic E-state index is -0.726. The summed E-state index contributed by atoms with van der Waals surface area (Å²) in [7, 11) is 1.54. The summed E-state index contributed by atoms with van der Waals surface area (Å²) < 4.78 is 23.6. The number of halogens is 2. The molecule has 7 nitrogen and oxygen atoms in total. The highest BCUT2D eigenvalue weighted by molar-refractivity contribution is 6.53. The first-order valence-electron chi connectivity index (χ1n) is 9.65. The maximum Gasteiger partial charge on any atom is 0.343 e. The van der Waals surface area contributed by atoms with Gasteiger partial charge in [0.25, 0.3) is 11.8 Å². The maximum absolute atomic E-state index is 13.2. The predicted molar refractivity (Wildman–Crippen MR) is 120 cm³/mol. The van der Waals surface area contributed by atoms with Gasteiger partial charge in [-0.05, 0) is 72.8 Å². The van der Waals surface area contributed by atoms with Crippen molar-refractivity contribution in [2.75, 3.05) is 17.3 Å². The number of ether oxygens (including phenoxy) is 2. The van der Waals surface area contributed by atoms with Crippen molar-refractivity contribution < 1.29 is 28.2 Å². The molecule has 0 spiro atoms. The van der Waals surface area contributed by atoms with E-state index in [-0.39, 0.29) is 22.0 Å². The fourth-order valence-corrected chi connectivity index (χ4v) is 3.29. The Hall–Kier alpha value is -4.17. The van der Waals surface area contributed by atoms with Gasteiger partial charge in [-0.15, -0.1) is 0 Å². The Balaban J connectivity index is 1.45. The zero-order valence-corrected chi connectivity index (χ0v) is 17.9. The van der Waals surface area contributed by atoms with E-state index in [1.165, 1.54) is 31.4 Å². The van der Waals surface area contributed by atoms with Gasteiger partial charge in [-0.2, -0.15) is 0 Å². The summed E-state index contributed by atoms with van der Waals surface area (Å²) in [6.07, 6.45) is 0. The molecule has 0 atom stereocenters. The predicted octanol–water partition coefficient (Wildman–Crippen LogP) is 4.49. The molecule has 0 unspecified atom stereocenters. The number of nitrogens with zero attached hydrogens (tertiary/aromatic N) is 1. The third-order valence-corrected chi connectivity index (χ3v) is 5.12. The zero-order valence-electron chi connectivity index (χ0n) is 17.2. The quantitative estimate of drug-likeness (QED) is 0.327. The van der Waals surface area contributed by atoms with Gasteiger partial charge in [0.1, 0.15) is 28.0 Å². The van der Waals surface area contributed by atoms with Crippen LogP contribution in [0.1, 0.15) is 10.4 Å². The molecule has 3 aromatic rings. The number of methoxy groups -OCH3 is 1. The third-order valence-electron chi connectivity index (χ3n) is 4.77. The van der Waals surface area contributed by atoms with Crippen LogP contribution in [0.15, 0.2) is 83.5 Å². The highest BCUT2D eigenvalue weighted by atomic mass is 35.5. The van der Waals surface area contributed by atoms with E-state index in [9.17, 15) is 18.8 Å². The Morgan fingerprint density at radius 1 is 0.879 bits per heavy atom. The van der Waals surface area contributed by atoms with Gasteiger partial charge >= 0.3 is 5.97 Å². The van der Waals surface area contributed by atoms with E-state index in [4.69, 9.17) is 21.1 Å². The van der Waals surface area contributed by atoms with E-state index < -0.39 is 23.6 Å². The number of amides is 2. The van der Waals surface area contributed by atoms with Crippen LogP contribution in [-0.4, -0.2) is 24.9 Å². The summed E-state index contributed by atoms with van der Waals surface area (Å²) >= 11 is 6.09. The first-order chi connectivity index (χ1) is 15.9. The van der Waals surface area contributed by atoms with Crippen LogP contribution in [0.25, 0.3) is 0 Å². The lowest BCUT2D eigenvalue weighted by Gasteiger charge is -2.15. The minimum absolute atomic E-state index is 0.125. The second kappa shape index (κ2) is 9.13. The number of imide groups is 1. The van der Waals surface area contributed by atoms with E-state index in [1.54, 1.807) is 36.4 Å². The summed E-state index contributed by atoms with van der Waals surface area (Å²) in [6, 6.07) is 17.5. The Bertz CT molecular complexity index is 1260. The topological polar surface area (TPSA) is 84.9 Å². The number of benzene rings is 3. The molecular weight excluding hydrogens is 451 g/mol. The molecule has 3 aromatic carbocycles. The van der Waals surface area contributed by atoms with Gasteiger partial charge in [0.15, 0.2) is 0 Å². The average molecular weight is 467 g/mol. The van der Waals surface area contributed by atoms with Crippen LogP contribution in [0.5, 0.6) is 11.5 Å². The van der Waals surface area contributed by atoms with E-state index in [1.807, 2.05) is 0 Å². The van der Waals surface area contributed by atoms with Crippen LogP contribution in [0.3, 0.4) is 0 Å². The first kappa shape index (κ1) is 22.0. The second-order valence-corrected chi connectivity index (χ2v) is 7.26. The summed E-state index contributed by atoms with van der Waals surface area (Å²) in [5, 5.41) is 2.51. The summed E-state index contributed by atoms with van der Waals surface area (Å²) in [5.74, 6) is -1.48. The van der Waals surface area contributed by atoms with Gasteiger partial charge in [0.05, 0.1) is 18.4 Å². The molecule has 9 heteroatoms. The maximum atomic E-state index is 13.2. The number of anilines is 2. The van der Waals surface area contributed by atoms with Crippen molar-refractivity contribution >= 4 is 40.8 Å². The molecule has 0 saturated carbocycles. The molecule has 0 radical (unpaired) electrons. The summed E-state index contributed by atoms with van der Waals surface area (Å²) in [6.45, 7) is 0. The van der Waals surface area contributed by atoms with E-state index >= 15 is 0 Å². The molecule has 0 fully saturated rings. The smallest absolute Gasteiger partial charge is 0.343 e. The monoisotopic (exact) mass is 466 g/mol. The van der Waals surface area contributed by atoms with Crippen molar-refractivity contribution in [3.63, 3.8) is 0 Å². The highest BCUT2D eigenvalue weighted by Gasteiger charge is 2.38. The van der Waals surface area contributed by atoms with Crippen LogP contribution >= 0.6 is 11.6 Å². The molecule has 0 bridgehead atoms. The van der Waals surface area contributed by atoms with E-state index in [2.05, 4.69) is 5.32 Å². The molecule has 1 N–H and O–H groups in total. The normalized spacial score (nSPS) is 13.4. The first-order valence-corrected chi connectivity index (χ1v) is 10.0. The molecule has 166 valence electrons. The number of nitrogens with one attached hydrogen (secondary N) is 1. The lowest BCUT2D eigenvalue weighted by atomic mass is 10.2. The largest absolute Gasteiger partial charge is 0.497 e. The SMILES string of the molecule is COc1ccc(OC(=O)c2ccc(NC3=C(Cl)C(=O)N(c4ccc(F)cc4)C3=O)cc2)cc1. The van der Waals surface area contributed by atoms with Gasteiger partial charge in [0.2, 0.25) is 0 Å². The number of carbonyl (C=O) groups is 3. The van der Waals surface area contributed by atoms with Crippen LogP contribution in [0.2, 0.25) is 0 Å². The van der Waals surface area contributed by atoms with Crippen molar-refractivity contribution in [1.29, 1.82) is 0 Å². The molecule has 33 heavy (non-hydrogen) atoms.